The van der Waals surface area contributed by atoms with Crippen LogP contribution in [0.1, 0.15) is 41.5 Å². The van der Waals surface area contributed by atoms with Crippen molar-refractivity contribution in [2.45, 2.75) is 32.5 Å². The van der Waals surface area contributed by atoms with Gasteiger partial charge in [-0.25, -0.2) is 0 Å². The van der Waals surface area contributed by atoms with Gasteiger partial charge in [0.1, 0.15) is 23.0 Å². The highest BCUT2D eigenvalue weighted by atomic mass is 16.3. The second kappa shape index (κ2) is 6.76. The SMILES string of the molecule is CCC(c1c(O)cc(CO)cc1O)c1c(O)cc(CO)cc1O. The van der Waals surface area contributed by atoms with Crippen molar-refractivity contribution in [2.75, 3.05) is 0 Å². The van der Waals surface area contributed by atoms with Crippen molar-refractivity contribution in [3.63, 3.8) is 0 Å². The van der Waals surface area contributed by atoms with Crippen molar-refractivity contribution in [1.29, 1.82) is 0 Å². The molecule has 0 fully saturated rings. The summed E-state index contributed by atoms with van der Waals surface area (Å²) in [5.41, 5.74) is 1.02. The van der Waals surface area contributed by atoms with E-state index in [-0.39, 0.29) is 47.3 Å². The van der Waals surface area contributed by atoms with Gasteiger partial charge in [0.2, 0.25) is 0 Å². The van der Waals surface area contributed by atoms with E-state index in [0.717, 1.165) is 0 Å². The maximum atomic E-state index is 10.2. The van der Waals surface area contributed by atoms with Crippen LogP contribution >= 0.6 is 0 Å². The molecule has 0 aliphatic rings. The lowest BCUT2D eigenvalue weighted by molar-refractivity contribution is 0.280. The molecule has 0 amide bonds. The van der Waals surface area contributed by atoms with Crippen LogP contribution in [0.3, 0.4) is 0 Å². The van der Waals surface area contributed by atoms with Gasteiger partial charge in [0.05, 0.1) is 13.2 Å². The molecule has 6 heteroatoms. The number of hydrogen-bond acceptors (Lipinski definition) is 6. The molecule has 0 saturated heterocycles. The fourth-order valence-electron chi connectivity index (χ4n) is 2.81. The Kier molecular flexibility index (Phi) is 4.98. The molecule has 0 bridgehead atoms. The van der Waals surface area contributed by atoms with Crippen LogP contribution in [0.2, 0.25) is 0 Å². The lowest BCUT2D eigenvalue weighted by Crippen LogP contribution is -2.03. The first kappa shape index (κ1) is 16.9. The number of phenols is 4. The molecule has 6 N–H and O–H groups in total. The maximum absolute atomic E-state index is 10.2. The number of benzene rings is 2. The molecule has 2 rings (SSSR count). The van der Waals surface area contributed by atoms with Crippen molar-refractivity contribution in [1.82, 2.24) is 0 Å². The predicted octanol–water partition coefficient (Wildman–Crippen LogP) is 2.04. The second-order valence-corrected chi connectivity index (χ2v) is 5.37. The van der Waals surface area contributed by atoms with Crippen LogP contribution in [0.15, 0.2) is 24.3 Å². The average Bonchev–Trinajstić information content (AvgIpc) is 2.51. The van der Waals surface area contributed by atoms with E-state index in [0.29, 0.717) is 17.5 Å². The Morgan fingerprint density at radius 1 is 0.696 bits per heavy atom. The minimum Gasteiger partial charge on any atom is -0.507 e. The summed E-state index contributed by atoms with van der Waals surface area (Å²) in [5.74, 6) is -1.58. The standard InChI is InChI=1S/C17H20O6/c1-2-11(16-12(20)3-9(7-18)4-13(16)21)17-14(22)5-10(8-19)6-15(17)23/h3-6,11,18-23H,2,7-8H2,1H3. The van der Waals surface area contributed by atoms with E-state index in [1.807, 2.05) is 0 Å². The van der Waals surface area contributed by atoms with E-state index in [2.05, 4.69) is 0 Å². The quantitative estimate of drug-likeness (QED) is 0.501. The number of hydrogen-bond donors (Lipinski definition) is 6. The van der Waals surface area contributed by atoms with Crippen LogP contribution in [-0.4, -0.2) is 30.6 Å². The maximum Gasteiger partial charge on any atom is 0.123 e. The van der Waals surface area contributed by atoms with Gasteiger partial charge in [0, 0.05) is 17.0 Å². The normalized spacial score (nSPS) is 11.1. The average molecular weight is 320 g/mol. The molecular weight excluding hydrogens is 300 g/mol. The highest BCUT2D eigenvalue weighted by molar-refractivity contribution is 5.58. The molecule has 0 aromatic heterocycles. The summed E-state index contributed by atoms with van der Waals surface area (Å²) < 4.78 is 0. The molecular formula is C17H20O6. The first-order chi connectivity index (χ1) is 10.9. The van der Waals surface area contributed by atoms with E-state index >= 15 is 0 Å². The molecule has 0 spiro atoms. The summed E-state index contributed by atoms with van der Waals surface area (Å²) in [5, 5.41) is 58.9. The Morgan fingerprint density at radius 3 is 1.22 bits per heavy atom. The van der Waals surface area contributed by atoms with E-state index in [4.69, 9.17) is 10.2 Å². The summed E-state index contributed by atoms with van der Waals surface area (Å²) in [4.78, 5) is 0. The zero-order chi connectivity index (χ0) is 17.1. The molecule has 0 unspecified atom stereocenters. The van der Waals surface area contributed by atoms with Crippen molar-refractivity contribution in [3.8, 4) is 23.0 Å². The van der Waals surface area contributed by atoms with Crippen LogP contribution in [0, 0.1) is 0 Å². The first-order valence-corrected chi connectivity index (χ1v) is 7.24. The molecule has 6 nitrogen and oxygen atoms in total. The Hall–Kier alpha value is -2.44. The summed E-state index contributed by atoms with van der Waals surface area (Å²) in [7, 11) is 0. The van der Waals surface area contributed by atoms with Crippen LogP contribution in [0.25, 0.3) is 0 Å². The third-order valence-corrected chi connectivity index (χ3v) is 3.86. The molecule has 23 heavy (non-hydrogen) atoms. The van der Waals surface area contributed by atoms with E-state index < -0.39 is 5.92 Å². The van der Waals surface area contributed by atoms with E-state index in [1.165, 1.54) is 24.3 Å². The molecule has 0 heterocycles. The van der Waals surface area contributed by atoms with Crippen LogP contribution in [-0.2, 0) is 13.2 Å². The lowest BCUT2D eigenvalue weighted by atomic mass is 9.85. The minimum absolute atomic E-state index is 0.159. The van der Waals surface area contributed by atoms with Crippen LogP contribution < -0.4 is 0 Å². The van der Waals surface area contributed by atoms with Gasteiger partial charge >= 0.3 is 0 Å². The number of aliphatic hydroxyl groups excluding tert-OH is 2. The number of aliphatic hydroxyl groups is 2. The number of rotatable bonds is 5. The smallest absolute Gasteiger partial charge is 0.123 e. The Morgan fingerprint density at radius 2 is 1.00 bits per heavy atom. The lowest BCUT2D eigenvalue weighted by Gasteiger charge is -2.21. The minimum atomic E-state index is -0.657. The van der Waals surface area contributed by atoms with Gasteiger partial charge in [0.25, 0.3) is 0 Å². The topological polar surface area (TPSA) is 121 Å². The molecule has 2 aromatic rings. The van der Waals surface area contributed by atoms with Gasteiger partial charge in [-0.3, -0.25) is 0 Å². The molecule has 2 aromatic carbocycles. The van der Waals surface area contributed by atoms with Gasteiger partial charge in [0.15, 0.2) is 0 Å². The molecule has 0 atom stereocenters. The van der Waals surface area contributed by atoms with Crippen molar-refractivity contribution >= 4 is 0 Å². The van der Waals surface area contributed by atoms with Crippen molar-refractivity contribution in [2.24, 2.45) is 0 Å². The second-order valence-electron chi connectivity index (χ2n) is 5.37. The zero-order valence-electron chi connectivity index (χ0n) is 12.7. The highest BCUT2D eigenvalue weighted by Gasteiger charge is 2.26. The van der Waals surface area contributed by atoms with Gasteiger partial charge in [-0.1, -0.05) is 6.92 Å². The first-order valence-electron chi connectivity index (χ1n) is 7.24. The molecule has 0 aliphatic carbocycles. The van der Waals surface area contributed by atoms with Crippen LogP contribution in [0.5, 0.6) is 23.0 Å². The molecule has 0 saturated carbocycles. The summed E-state index contributed by atoms with van der Waals surface area (Å²) >= 11 is 0. The number of aromatic hydroxyl groups is 4. The molecule has 0 aliphatic heterocycles. The molecule has 124 valence electrons. The monoisotopic (exact) mass is 320 g/mol. The fraction of sp³-hybridized carbons (Fsp3) is 0.294. The van der Waals surface area contributed by atoms with Gasteiger partial charge < -0.3 is 30.6 Å². The molecule has 0 radical (unpaired) electrons. The summed E-state index contributed by atoms with van der Waals surface area (Å²) in [6.45, 7) is 1.11. The number of phenolic OH excluding ortho intramolecular Hbond substituents is 4. The third-order valence-electron chi connectivity index (χ3n) is 3.86. The van der Waals surface area contributed by atoms with Crippen LogP contribution in [0.4, 0.5) is 0 Å². The van der Waals surface area contributed by atoms with Crippen molar-refractivity contribution < 1.29 is 30.6 Å². The predicted molar refractivity (Wildman–Crippen MR) is 83.5 cm³/mol. The summed E-state index contributed by atoms with van der Waals surface area (Å²) in [6.07, 6.45) is 0.388. The summed E-state index contributed by atoms with van der Waals surface area (Å²) in [6, 6.07) is 5.31. The Balaban J connectivity index is 2.62. The largest absolute Gasteiger partial charge is 0.507 e. The Bertz CT molecular complexity index is 605. The third kappa shape index (κ3) is 3.18. The van der Waals surface area contributed by atoms with Gasteiger partial charge in [-0.15, -0.1) is 0 Å². The van der Waals surface area contributed by atoms with Gasteiger partial charge in [-0.05, 0) is 41.8 Å². The fourth-order valence-corrected chi connectivity index (χ4v) is 2.81. The Labute approximate surface area is 133 Å². The van der Waals surface area contributed by atoms with Gasteiger partial charge in [-0.2, -0.15) is 0 Å². The van der Waals surface area contributed by atoms with E-state index in [1.54, 1.807) is 6.92 Å². The highest BCUT2D eigenvalue weighted by Crippen LogP contribution is 2.46. The van der Waals surface area contributed by atoms with E-state index in [9.17, 15) is 20.4 Å². The van der Waals surface area contributed by atoms with Crippen molar-refractivity contribution in [3.05, 3.63) is 46.5 Å². The zero-order valence-corrected chi connectivity index (χ0v) is 12.7.